The number of rotatable bonds is 6. The number of nitrogens with two attached hydrogens (primary N) is 2. The zero-order valence-electron chi connectivity index (χ0n) is 22.7. The van der Waals surface area contributed by atoms with Crippen molar-refractivity contribution in [3.05, 3.63) is 52.6 Å². The number of piperazine rings is 1. The number of halogens is 4. The number of nitrogens with one attached hydrogen (secondary N) is 1. The van der Waals surface area contributed by atoms with Gasteiger partial charge in [0.1, 0.15) is 11.9 Å². The lowest BCUT2D eigenvalue weighted by Crippen LogP contribution is -2.65. The van der Waals surface area contributed by atoms with Crippen molar-refractivity contribution < 1.29 is 18.0 Å². The molecule has 10 nitrogen and oxygen atoms in total. The Balaban J connectivity index is 0.00000441. The molecule has 4 rings (SSSR count). The number of amides is 2. The lowest BCUT2D eigenvalue weighted by atomic mass is 9.93. The third kappa shape index (κ3) is 7.94. The number of aromatic nitrogens is 2. The molecule has 1 unspecified atom stereocenters. The first-order valence-electron chi connectivity index (χ1n) is 13.1. The Morgan fingerprint density at radius 2 is 1.65 bits per heavy atom. The van der Waals surface area contributed by atoms with Gasteiger partial charge in [-0.25, -0.2) is 9.59 Å². The Hall–Kier alpha value is -2.71. The van der Waals surface area contributed by atoms with Gasteiger partial charge in [-0.05, 0) is 63.5 Å². The predicted octanol–water partition coefficient (Wildman–Crippen LogP) is 2.40. The van der Waals surface area contributed by atoms with Crippen LogP contribution in [0.4, 0.5) is 23.8 Å². The maximum Gasteiger partial charge on any atom is 0.405 e. The van der Waals surface area contributed by atoms with Gasteiger partial charge in [-0.1, -0.05) is 12.1 Å². The van der Waals surface area contributed by atoms with Gasteiger partial charge in [0.2, 0.25) is 0 Å². The number of anilines is 1. The zero-order valence-corrected chi connectivity index (χ0v) is 23.5. The highest BCUT2D eigenvalue weighted by atomic mass is 35.5. The van der Waals surface area contributed by atoms with Gasteiger partial charge in [0, 0.05) is 50.5 Å². The summed E-state index contributed by atoms with van der Waals surface area (Å²) in [6, 6.07) is 7.09. The Morgan fingerprint density at radius 3 is 2.17 bits per heavy atom. The molecule has 2 aliphatic rings. The number of hydrogen-bond donors (Lipinski definition) is 3. The standard InChI is InChI=1S/C26H37F3N8O2.ClH/c1-25(2,31)22(26(27,28)29)35-13-15-36(16-14-35)23(38)32-21-9-12-37(24(39)33-21)20-5-3-18(4-6-20)17-34-10-7-19(30)8-11-34;/h3-6,9,12,19,22H,7-8,10-11,13-17,30-31H2,1-2H3,(H,32,33,38,39);1H. The SMILES string of the molecule is CC(C)(N)C(N1CCN(C(=O)Nc2ccn(-c3ccc(CN4CCC(N)CC4)cc3)c(=O)n2)CC1)C(F)(F)F.Cl. The topological polar surface area (TPSA) is 126 Å². The number of hydrogen-bond acceptors (Lipinski definition) is 7. The van der Waals surface area contributed by atoms with Crippen molar-refractivity contribution in [2.75, 3.05) is 44.6 Å². The summed E-state index contributed by atoms with van der Waals surface area (Å²) >= 11 is 0. The molecule has 2 amide bonds. The minimum Gasteiger partial charge on any atom is -0.328 e. The number of piperidine rings is 1. The molecule has 0 radical (unpaired) electrons. The molecule has 3 heterocycles. The third-order valence-corrected chi connectivity index (χ3v) is 7.27. The van der Waals surface area contributed by atoms with Crippen molar-refractivity contribution in [1.29, 1.82) is 0 Å². The Bertz CT molecular complexity index is 1170. The highest BCUT2D eigenvalue weighted by molar-refractivity contribution is 5.88. The summed E-state index contributed by atoms with van der Waals surface area (Å²) in [4.78, 5) is 34.4. The summed E-state index contributed by atoms with van der Waals surface area (Å²) in [5.41, 5.74) is 11.5. The first-order chi connectivity index (χ1) is 18.3. The summed E-state index contributed by atoms with van der Waals surface area (Å²) in [5, 5.41) is 2.58. The fourth-order valence-corrected chi connectivity index (χ4v) is 5.27. The number of urea groups is 1. The molecule has 0 saturated carbocycles. The molecule has 1 aromatic heterocycles. The lowest BCUT2D eigenvalue weighted by Gasteiger charge is -2.44. The average molecular weight is 587 g/mol. The summed E-state index contributed by atoms with van der Waals surface area (Å²) in [5.74, 6) is 0.0693. The molecule has 1 atom stereocenters. The van der Waals surface area contributed by atoms with E-state index >= 15 is 0 Å². The summed E-state index contributed by atoms with van der Waals surface area (Å²) in [6.45, 7) is 5.66. The van der Waals surface area contributed by atoms with Gasteiger partial charge >= 0.3 is 17.9 Å². The fraction of sp³-hybridized carbons (Fsp3) is 0.577. The normalized spacial score (nSPS) is 18.7. The maximum atomic E-state index is 13.6. The van der Waals surface area contributed by atoms with Crippen LogP contribution in [-0.2, 0) is 6.54 Å². The molecule has 0 aliphatic carbocycles. The molecule has 0 spiro atoms. The van der Waals surface area contributed by atoms with Crippen LogP contribution in [0.2, 0.25) is 0 Å². The van der Waals surface area contributed by atoms with E-state index < -0.39 is 29.5 Å². The Kier molecular flexibility index (Phi) is 10.2. The van der Waals surface area contributed by atoms with E-state index in [9.17, 15) is 22.8 Å². The number of carbonyl (C=O) groups excluding carboxylic acids is 1. The summed E-state index contributed by atoms with van der Waals surface area (Å²) < 4.78 is 42.2. The molecular formula is C26H38ClF3N8O2. The molecule has 1 aromatic carbocycles. The fourth-order valence-electron chi connectivity index (χ4n) is 5.27. The van der Waals surface area contributed by atoms with Crippen LogP contribution < -0.4 is 22.5 Å². The van der Waals surface area contributed by atoms with E-state index in [2.05, 4.69) is 15.2 Å². The van der Waals surface area contributed by atoms with Crippen molar-refractivity contribution >= 4 is 24.3 Å². The van der Waals surface area contributed by atoms with E-state index in [1.807, 2.05) is 24.3 Å². The number of nitrogens with zero attached hydrogens (tertiary/aromatic N) is 5. The Labute approximate surface area is 237 Å². The Morgan fingerprint density at radius 1 is 1.05 bits per heavy atom. The highest BCUT2D eigenvalue weighted by Crippen LogP contribution is 2.32. The second-order valence-electron chi connectivity index (χ2n) is 11.0. The second-order valence-corrected chi connectivity index (χ2v) is 11.0. The first kappa shape index (κ1) is 31.8. The molecular weight excluding hydrogens is 549 g/mol. The van der Waals surface area contributed by atoms with Gasteiger partial charge in [-0.15, -0.1) is 12.4 Å². The summed E-state index contributed by atoms with van der Waals surface area (Å²) in [7, 11) is 0. The van der Waals surface area contributed by atoms with Crippen LogP contribution >= 0.6 is 12.4 Å². The quantitative estimate of drug-likeness (QED) is 0.474. The zero-order chi connectivity index (χ0) is 28.4. The van der Waals surface area contributed by atoms with E-state index in [1.165, 1.54) is 40.5 Å². The van der Waals surface area contributed by atoms with E-state index in [1.54, 1.807) is 0 Å². The van der Waals surface area contributed by atoms with Gasteiger partial charge in [0.15, 0.2) is 0 Å². The van der Waals surface area contributed by atoms with Crippen LogP contribution in [0.5, 0.6) is 0 Å². The number of carbonyl (C=O) groups is 1. The predicted molar refractivity (Wildman–Crippen MR) is 150 cm³/mol. The third-order valence-electron chi connectivity index (χ3n) is 7.27. The van der Waals surface area contributed by atoms with Gasteiger partial charge in [0.05, 0.1) is 5.69 Å². The van der Waals surface area contributed by atoms with Gasteiger partial charge in [0.25, 0.3) is 0 Å². The van der Waals surface area contributed by atoms with Crippen molar-refractivity contribution in [2.24, 2.45) is 11.5 Å². The van der Waals surface area contributed by atoms with Gasteiger partial charge < -0.3 is 16.4 Å². The highest BCUT2D eigenvalue weighted by Gasteiger charge is 2.51. The molecule has 40 heavy (non-hydrogen) atoms. The van der Waals surface area contributed by atoms with Gasteiger partial charge in [-0.2, -0.15) is 18.2 Å². The molecule has 2 aromatic rings. The largest absolute Gasteiger partial charge is 0.405 e. The molecule has 222 valence electrons. The molecule has 2 aliphatic heterocycles. The van der Waals surface area contributed by atoms with Crippen molar-refractivity contribution in [1.82, 2.24) is 24.3 Å². The second kappa shape index (κ2) is 12.9. The molecule has 14 heteroatoms. The van der Waals surface area contributed by atoms with Crippen molar-refractivity contribution in [3.8, 4) is 5.69 Å². The molecule has 2 saturated heterocycles. The van der Waals surface area contributed by atoms with Crippen LogP contribution in [0.25, 0.3) is 5.69 Å². The van der Waals surface area contributed by atoms with E-state index in [0.717, 1.165) is 38.0 Å². The van der Waals surface area contributed by atoms with Crippen LogP contribution in [0.15, 0.2) is 41.3 Å². The summed E-state index contributed by atoms with van der Waals surface area (Å²) in [6.07, 6.45) is -0.979. The number of benzene rings is 1. The lowest BCUT2D eigenvalue weighted by molar-refractivity contribution is -0.201. The first-order valence-corrected chi connectivity index (χ1v) is 13.1. The van der Waals surface area contributed by atoms with E-state index in [4.69, 9.17) is 11.5 Å². The van der Waals surface area contributed by atoms with Crippen LogP contribution in [-0.4, -0.2) is 93.3 Å². The minimum absolute atomic E-state index is 0. The monoisotopic (exact) mass is 586 g/mol. The number of alkyl halides is 3. The van der Waals surface area contributed by atoms with Crippen LogP contribution in [0.3, 0.4) is 0 Å². The minimum atomic E-state index is -4.49. The van der Waals surface area contributed by atoms with Crippen molar-refractivity contribution in [2.45, 2.75) is 57.0 Å². The number of likely N-dealkylation sites (tertiary alicyclic amines) is 1. The maximum absolute atomic E-state index is 13.6. The van der Waals surface area contributed by atoms with Crippen LogP contribution in [0, 0.1) is 0 Å². The smallest absolute Gasteiger partial charge is 0.328 e. The molecule has 5 N–H and O–H groups in total. The average Bonchev–Trinajstić information content (AvgIpc) is 2.85. The van der Waals surface area contributed by atoms with E-state index in [0.29, 0.717) is 5.69 Å². The van der Waals surface area contributed by atoms with Gasteiger partial charge in [-0.3, -0.25) is 19.7 Å². The van der Waals surface area contributed by atoms with Crippen molar-refractivity contribution in [3.63, 3.8) is 0 Å². The molecule has 0 bridgehead atoms. The van der Waals surface area contributed by atoms with Crippen LogP contribution in [0.1, 0.15) is 32.3 Å². The molecule has 2 fully saturated rings. The van der Waals surface area contributed by atoms with E-state index in [-0.39, 0.29) is 50.4 Å².